The Hall–Kier alpha value is -2.40. The lowest BCUT2D eigenvalue weighted by Crippen LogP contribution is -2.21. The van der Waals surface area contributed by atoms with Crippen molar-refractivity contribution < 1.29 is 9.53 Å². The van der Waals surface area contributed by atoms with Crippen LogP contribution in [0.4, 0.5) is 11.4 Å². The van der Waals surface area contributed by atoms with E-state index in [-0.39, 0.29) is 5.97 Å². The molecule has 0 saturated carbocycles. The van der Waals surface area contributed by atoms with Gasteiger partial charge in [-0.1, -0.05) is 18.2 Å². The zero-order valence-corrected chi connectivity index (χ0v) is 14.3. The molecule has 2 rings (SSSR count). The molecular formula is C18H20N2O2S. The normalized spacial score (nSPS) is 10.0. The number of benzene rings is 2. The van der Waals surface area contributed by atoms with E-state index in [0.29, 0.717) is 23.0 Å². The average Bonchev–Trinajstić information content (AvgIpc) is 2.51. The molecule has 2 N–H and O–H groups in total. The summed E-state index contributed by atoms with van der Waals surface area (Å²) in [6.07, 6.45) is 0. The molecule has 0 atom stereocenters. The number of rotatable bonds is 4. The van der Waals surface area contributed by atoms with E-state index in [1.54, 1.807) is 25.1 Å². The molecule has 2 aromatic carbocycles. The van der Waals surface area contributed by atoms with E-state index in [2.05, 4.69) is 17.6 Å². The van der Waals surface area contributed by atoms with E-state index in [0.717, 1.165) is 5.69 Å². The summed E-state index contributed by atoms with van der Waals surface area (Å²) in [5, 5.41) is 6.60. The first-order chi connectivity index (χ1) is 11.0. The van der Waals surface area contributed by atoms with Crippen molar-refractivity contribution in [2.45, 2.75) is 20.8 Å². The summed E-state index contributed by atoms with van der Waals surface area (Å²) in [7, 11) is 0. The largest absolute Gasteiger partial charge is 0.462 e. The van der Waals surface area contributed by atoms with Crippen LogP contribution in [0.15, 0.2) is 42.5 Å². The Labute approximate surface area is 141 Å². The van der Waals surface area contributed by atoms with Crippen molar-refractivity contribution in [2.24, 2.45) is 0 Å². The number of esters is 1. The molecule has 0 aromatic heterocycles. The zero-order valence-electron chi connectivity index (χ0n) is 13.5. The number of carbonyl (C=O) groups excluding carboxylic acids is 1. The lowest BCUT2D eigenvalue weighted by molar-refractivity contribution is 0.0527. The Morgan fingerprint density at radius 2 is 1.83 bits per heavy atom. The van der Waals surface area contributed by atoms with Crippen LogP contribution in [0.2, 0.25) is 0 Å². The second-order valence-electron chi connectivity index (χ2n) is 5.14. The van der Waals surface area contributed by atoms with Gasteiger partial charge in [0.2, 0.25) is 0 Å². The number of carbonyl (C=O) groups is 1. The first kappa shape index (κ1) is 17.0. The van der Waals surface area contributed by atoms with Gasteiger partial charge in [0.15, 0.2) is 5.11 Å². The second-order valence-corrected chi connectivity index (χ2v) is 5.55. The quantitative estimate of drug-likeness (QED) is 0.648. The van der Waals surface area contributed by atoms with E-state index in [9.17, 15) is 4.79 Å². The molecule has 0 aliphatic rings. The Balaban J connectivity index is 2.11. The molecule has 2 aromatic rings. The van der Waals surface area contributed by atoms with Crippen LogP contribution in [0.25, 0.3) is 0 Å². The predicted molar refractivity (Wildman–Crippen MR) is 98.2 cm³/mol. The summed E-state index contributed by atoms with van der Waals surface area (Å²) in [6, 6.07) is 13.2. The van der Waals surface area contributed by atoms with Crippen molar-refractivity contribution in [3.05, 3.63) is 59.2 Å². The summed E-state index contributed by atoms with van der Waals surface area (Å²) in [5.41, 5.74) is 4.39. The first-order valence-corrected chi connectivity index (χ1v) is 7.83. The molecule has 0 spiro atoms. The fourth-order valence-electron chi connectivity index (χ4n) is 2.08. The van der Waals surface area contributed by atoms with Crippen LogP contribution >= 0.6 is 12.2 Å². The minimum absolute atomic E-state index is 0.332. The number of aryl methyl sites for hydroxylation is 2. The van der Waals surface area contributed by atoms with Gasteiger partial charge in [-0.25, -0.2) is 4.79 Å². The Kier molecular flexibility index (Phi) is 5.71. The monoisotopic (exact) mass is 328 g/mol. The number of nitrogens with one attached hydrogen (secondary N) is 2. The fourth-order valence-corrected chi connectivity index (χ4v) is 2.31. The van der Waals surface area contributed by atoms with E-state index < -0.39 is 0 Å². The van der Waals surface area contributed by atoms with Crippen molar-refractivity contribution in [1.29, 1.82) is 0 Å². The topological polar surface area (TPSA) is 50.4 Å². The summed E-state index contributed by atoms with van der Waals surface area (Å²) >= 11 is 5.33. The molecule has 0 aliphatic carbocycles. The summed E-state index contributed by atoms with van der Waals surface area (Å²) < 4.78 is 5.05. The fraction of sp³-hybridized carbons (Fsp3) is 0.222. The molecule has 0 aliphatic heterocycles. The second kappa shape index (κ2) is 7.74. The molecule has 0 heterocycles. The van der Waals surface area contributed by atoms with Crippen molar-refractivity contribution in [3.63, 3.8) is 0 Å². The van der Waals surface area contributed by atoms with Gasteiger partial charge >= 0.3 is 5.97 Å². The highest BCUT2D eigenvalue weighted by atomic mass is 32.1. The van der Waals surface area contributed by atoms with E-state index in [1.165, 1.54) is 11.1 Å². The van der Waals surface area contributed by atoms with Gasteiger partial charge < -0.3 is 15.4 Å². The van der Waals surface area contributed by atoms with Crippen molar-refractivity contribution in [3.8, 4) is 0 Å². The third-order valence-corrected chi connectivity index (χ3v) is 3.64. The SMILES string of the molecule is CCOC(=O)c1ccccc1NC(=S)Nc1ccc(C)c(C)c1. The van der Waals surface area contributed by atoms with Crippen LogP contribution in [-0.2, 0) is 4.74 Å². The maximum atomic E-state index is 12.0. The number of hydrogen-bond donors (Lipinski definition) is 2. The van der Waals surface area contributed by atoms with E-state index in [4.69, 9.17) is 17.0 Å². The van der Waals surface area contributed by atoms with Crippen molar-refractivity contribution in [2.75, 3.05) is 17.2 Å². The van der Waals surface area contributed by atoms with Crippen LogP contribution < -0.4 is 10.6 Å². The number of para-hydroxylation sites is 1. The first-order valence-electron chi connectivity index (χ1n) is 7.42. The van der Waals surface area contributed by atoms with Gasteiger partial charge in [0.05, 0.1) is 17.9 Å². The van der Waals surface area contributed by atoms with Gasteiger partial charge in [0.25, 0.3) is 0 Å². The van der Waals surface area contributed by atoms with Gasteiger partial charge in [0.1, 0.15) is 0 Å². The molecule has 0 fully saturated rings. The number of thiocarbonyl (C=S) groups is 1. The van der Waals surface area contributed by atoms with Crippen LogP contribution in [0, 0.1) is 13.8 Å². The van der Waals surface area contributed by atoms with Gasteiger partial charge in [0, 0.05) is 5.69 Å². The number of anilines is 2. The molecule has 5 heteroatoms. The minimum Gasteiger partial charge on any atom is -0.462 e. The molecule has 0 unspecified atom stereocenters. The predicted octanol–water partition coefficient (Wildman–Crippen LogP) is 4.29. The van der Waals surface area contributed by atoms with E-state index in [1.807, 2.05) is 31.2 Å². The van der Waals surface area contributed by atoms with Gasteiger partial charge in [-0.05, 0) is 68.4 Å². The zero-order chi connectivity index (χ0) is 16.8. The van der Waals surface area contributed by atoms with Crippen LogP contribution in [-0.4, -0.2) is 17.7 Å². The smallest absolute Gasteiger partial charge is 0.340 e. The third kappa shape index (κ3) is 4.53. The molecule has 0 bridgehead atoms. The highest BCUT2D eigenvalue weighted by molar-refractivity contribution is 7.80. The van der Waals surface area contributed by atoms with Crippen LogP contribution in [0.5, 0.6) is 0 Å². The van der Waals surface area contributed by atoms with E-state index >= 15 is 0 Å². The molecule has 23 heavy (non-hydrogen) atoms. The summed E-state index contributed by atoms with van der Waals surface area (Å²) in [4.78, 5) is 12.0. The minimum atomic E-state index is -0.371. The molecule has 0 radical (unpaired) electrons. The molecule has 120 valence electrons. The highest BCUT2D eigenvalue weighted by Crippen LogP contribution is 2.18. The highest BCUT2D eigenvalue weighted by Gasteiger charge is 2.12. The van der Waals surface area contributed by atoms with Gasteiger partial charge in [-0.15, -0.1) is 0 Å². The number of hydrogen-bond acceptors (Lipinski definition) is 3. The van der Waals surface area contributed by atoms with Crippen LogP contribution in [0.1, 0.15) is 28.4 Å². The number of ether oxygens (including phenoxy) is 1. The Morgan fingerprint density at radius 3 is 2.52 bits per heavy atom. The lowest BCUT2D eigenvalue weighted by Gasteiger charge is -2.14. The Morgan fingerprint density at radius 1 is 1.09 bits per heavy atom. The van der Waals surface area contributed by atoms with Gasteiger partial charge in [-0.3, -0.25) is 0 Å². The molecular weight excluding hydrogens is 308 g/mol. The standard InChI is InChI=1S/C18H20N2O2S/c1-4-22-17(21)15-7-5-6-8-16(15)20-18(23)19-14-10-9-12(2)13(3)11-14/h5-11H,4H2,1-3H3,(H2,19,20,23). The third-order valence-electron chi connectivity index (χ3n) is 3.44. The molecule has 0 amide bonds. The van der Waals surface area contributed by atoms with Crippen molar-refractivity contribution in [1.82, 2.24) is 0 Å². The maximum absolute atomic E-state index is 12.0. The molecule has 4 nitrogen and oxygen atoms in total. The Bertz CT molecular complexity index is 729. The summed E-state index contributed by atoms with van der Waals surface area (Å²) in [5.74, 6) is -0.371. The van der Waals surface area contributed by atoms with Crippen molar-refractivity contribution >= 4 is 34.7 Å². The molecule has 0 saturated heterocycles. The van der Waals surface area contributed by atoms with Crippen LogP contribution in [0.3, 0.4) is 0 Å². The average molecular weight is 328 g/mol. The summed E-state index contributed by atoms with van der Waals surface area (Å²) in [6.45, 7) is 6.22. The lowest BCUT2D eigenvalue weighted by atomic mass is 10.1. The maximum Gasteiger partial charge on any atom is 0.340 e. The van der Waals surface area contributed by atoms with Gasteiger partial charge in [-0.2, -0.15) is 0 Å².